The van der Waals surface area contributed by atoms with Gasteiger partial charge in [-0.05, 0) is 55.9 Å². The van der Waals surface area contributed by atoms with Crippen LogP contribution in [0.5, 0.6) is 0 Å². The van der Waals surface area contributed by atoms with Gasteiger partial charge < -0.3 is 19.5 Å². The molecule has 7 heteroatoms. The van der Waals surface area contributed by atoms with Crippen LogP contribution in [0.25, 0.3) is 11.6 Å². The molecule has 0 radical (unpaired) electrons. The van der Waals surface area contributed by atoms with Crippen LogP contribution in [-0.4, -0.2) is 34.4 Å². The van der Waals surface area contributed by atoms with Crippen molar-refractivity contribution < 1.29 is 28.1 Å². The number of ether oxygens (including phenoxy) is 1. The fourth-order valence-corrected chi connectivity index (χ4v) is 4.03. The van der Waals surface area contributed by atoms with Crippen LogP contribution in [0.2, 0.25) is 0 Å². The molecule has 0 saturated carbocycles. The number of benzene rings is 1. The second-order valence-corrected chi connectivity index (χ2v) is 7.58. The lowest BCUT2D eigenvalue weighted by Crippen LogP contribution is -2.35. The summed E-state index contributed by atoms with van der Waals surface area (Å²) in [4.78, 5) is 0. The molecule has 1 aromatic heterocycles. The summed E-state index contributed by atoms with van der Waals surface area (Å²) in [5.41, 5.74) is 0.748. The minimum Gasteiger partial charge on any atom is -0.400 e. The van der Waals surface area contributed by atoms with Gasteiger partial charge in [-0.15, -0.1) is 0 Å². The van der Waals surface area contributed by atoms with Gasteiger partial charge in [0.25, 0.3) is 6.43 Å². The predicted molar refractivity (Wildman–Crippen MR) is 127 cm³/mol. The van der Waals surface area contributed by atoms with Crippen molar-refractivity contribution in [2.24, 2.45) is 5.92 Å². The van der Waals surface area contributed by atoms with Crippen molar-refractivity contribution in [3.8, 4) is 0 Å². The zero-order valence-electron chi connectivity index (χ0n) is 20.4. The number of hydrogen-bond donors (Lipinski definition) is 2. The summed E-state index contributed by atoms with van der Waals surface area (Å²) in [5.74, 6) is -0.580. The molecule has 186 valence electrons. The maximum absolute atomic E-state index is 13.8. The fourth-order valence-electron chi connectivity index (χ4n) is 4.03. The summed E-state index contributed by atoms with van der Waals surface area (Å²) in [6.07, 6.45) is 1.37. The first-order valence-corrected chi connectivity index (χ1v) is 11.6. The summed E-state index contributed by atoms with van der Waals surface area (Å²) in [6, 6.07) is 7.45. The molecule has 1 aromatic carbocycles. The highest BCUT2D eigenvalue weighted by molar-refractivity contribution is 5.50. The lowest BCUT2D eigenvalue weighted by atomic mass is 9.97. The van der Waals surface area contributed by atoms with Gasteiger partial charge in [-0.3, -0.25) is 0 Å². The lowest BCUT2D eigenvalue weighted by molar-refractivity contribution is -0.0612. The molecule has 4 nitrogen and oxygen atoms in total. The molecule has 1 aliphatic heterocycles. The number of rotatable bonds is 6. The summed E-state index contributed by atoms with van der Waals surface area (Å²) in [7, 11) is 1.00. The van der Waals surface area contributed by atoms with Crippen molar-refractivity contribution in [3.63, 3.8) is 0 Å². The van der Waals surface area contributed by atoms with Crippen molar-refractivity contribution in [2.75, 3.05) is 7.11 Å². The van der Waals surface area contributed by atoms with E-state index < -0.39 is 18.6 Å². The normalized spacial score (nSPS) is 21.0. The molecule has 0 spiro atoms. The molecular weight excluding hydrogens is 431 g/mol. The third kappa shape index (κ3) is 6.95. The van der Waals surface area contributed by atoms with E-state index in [2.05, 4.69) is 0 Å². The lowest BCUT2D eigenvalue weighted by Gasteiger charge is -2.20. The van der Waals surface area contributed by atoms with Crippen LogP contribution in [0.3, 0.4) is 0 Å². The Balaban J connectivity index is 0.00000129. The van der Waals surface area contributed by atoms with Gasteiger partial charge in [0, 0.05) is 29.4 Å². The average Bonchev–Trinajstić information content (AvgIpc) is 3.48. The molecule has 1 aliphatic rings. The molecule has 4 unspecified atom stereocenters. The van der Waals surface area contributed by atoms with E-state index in [0.717, 1.165) is 7.11 Å². The molecule has 0 aliphatic carbocycles. The van der Waals surface area contributed by atoms with Crippen LogP contribution < -0.4 is 10.6 Å². The Morgan fingerprint density at radius 2 is 1.76 bits per heavy atom. The number of aromatic nitrogens is 1. The zero-order valence-corrected chi connectivity index (χ0v) is 20.4. The van der Waals surface area contributed by atoms with Gasteiger partial charge in [0.15, 0.2) is 0 Å². The molecule has 2 heterocycles. The fraction of sp³-hybridized carbons (Fsp3) is 0.538. The van der Waals surface area contributed by atoms with Gasteiger partial charge in [0.1, 0.15) is 18.1 Å². The van der Waals surface area contributed by atoms with Crippen molar-refractivity contribution in [2.45, 2.75) is 78.7 Å². The van der Waals surface area contributed by atoms with Gasteiger partial charge in [-0.1, -0.05) is 45.9 Å². The average molecular weight is 470 g/mol. The van der Waals surface area contributed by atoms with Crippen LogP contribution >= 0.6 is 0 Å². The van der Waals surface area contributed by atoms with E-state index in [4.69, 9.17) is 9.84 Å². The van der Waals surface area contributed by atoms with E-state index in [1.807, 2.05) is 45.3 Å². The van der Waals surface area contributed by atoms with E-state index in [9.17, 15) is 18.3 Å². The van der Waals surface area contributed by atoms with Gasteiger partial charge in [-0.25, -0.2) is 13.2 Å². The molecule has 2 N–H and O–H groups in total. The van der Waals surface area contributed by atoms with Crippen molar-refractivity contribution in [1.29, 1.82) is 0 Å². The summed E-state index contributed by atoms with van der Waals surface area (Å²) >= 11 is 0. The van der Waals surface area contributed by atoms with Crippen molar-refractivity contribution >= 4 is 11.6 Å². The van der Waals surface area contributed by atoms with E-state index in [1.165, 1.54) is 12.1 Å². The molecule has 1 saturated heterocycles. The van der Waals surface area contributed by atoms with Gasteiger partial charge in [0.05, 0.1) is 6.10 Å². The Bertz CT molecular complexity index is 941. The molecule has 3 rings (SSSR count). The monoisotopic (exact) mass is 469 g/mol. The van der Waals surface area contributed by atoms with Crippen molar-refractivity contribution in [3.05, 3.63) is 58.5 Å². The Morgan fingerprint density at radius 3 is 2.27 bits per heavy atom. The second-order valence-electron chi connectivity index (χ2n) is 7.58. The molecular formula is C26H38F3NO3. The summed E-state index contributed by atoms with van der Waals surface area (Å²) in [5, 5.41) is 18.9. The minimum atomic E-state index is -2.52. The van der Waals surface area contributed by atoms with E-state index in [0.29, 0.717) is 35.4 Å². The summed E-state index contributed by atoms with van der Waals surface area (Å²) in [6.45, 7) is 9.55. The first-order chi connectivity index (χ1) is 15.9. The standard InChI is InChI=1S/C23H28F3NO2.C2H6.CH4O/c1-4-14(3)21(23(25)26)17-12-13-27(18(17)5-2)20-11-10-19(29-20)22(28)15-6-8-16(24)9-7-15;2*1-2/h5-9,12-14,19-20,22-23,28H,4,10-11H2,1-3H3;1-2H3;2H,1H3/b18-5?,21-17+;;. The molecule has 1 fully saturated rings. The Labute approximate surface area is 195 Å². The van der Waals surface area contributed by atoms with Gasteiger partial charge in [-0.2, -0.15) is 0 Å². The highest BCUT2D eigenvalue weighted by Crippen LogP contribution is 2.34. The molecule has 2 aromatic rings. The molecule has 4 atom stereocenters. The molecule has 0 amide bonds. The number of nitrogens with zero attached hydrogens (tertiary/aromatic N) is 1. The Hall–Kier alpha value is -2.09. The first-order valence-electron chi connectivity index (χ1n) is 11.6. The third-order valence-corrected chi connectivity index (χ3v) is 5.82. The minimum absolute atomic E-state index is 0.153. The highest BCUT2D eigenvalue weighted by Gasteiger charge is 2.33. The second kappa shape index (κ2) is 14.2. The van der Waals surface area contributed by atoms with E-state index >= 15 is 0 Å². The van der Waals surface area contributed by atoms with Crippen LogP contribution in [0.15, 0.2) is 36.5 Å². The maximum Gasteiger partial charge on any atom is 0.261 e. The number of halogens is 3. The number of hydrogen-bond acceptors (Lipinski definition) is 3. The van der Waals surface area contributed by atoms with Gasteiger partial charge in [0.2, 0.25) is 0 Å². The maximum atomic E-state index is 13.8. The van der Waals surface area contributed by atoms with Crippen LogP contribution in [0, 0.1) is 11.7 Å². The van der Waals surface area contributed by atoms with E-state index in [1.54, 1.807) is 24.4 Å². The van der Waals surface area contributed by atoms with Crippen molar-refractivity contribution in [1.82, 2.24) is 4.57 Å². The van der Waals surface area contributed by atoms with Crippen LogP contribution in [0.4, 0.5) is 13.2 Å². The Morgan fingerprint density at radius 1 is 1.15 bits per heavy atom. The number of alkyl halides is 2. The summed E-state index contributed by atoms with van der Waals surface area (Å²) < 4.78 is 48.6. The van der Waals surface area contributed by atoms with Crippen LogP contribution in [-0.2, 0) is 4.74 Å². The number of aliphatic hydroxyl groups excluding tert-OH is 2. The van der Waals surface area contributed by atoms with Crippen LogP contribution in [0.1, 0.15) is 71.8 Å². The van der Waals surface area contributed by atoms with Gasteiger partial charge >= 0.3 is 0 Å². The largest absolute Gasteiger partial charge is 0.400 e. The Kier molecular flexibility index (Phi) is 12.5. The quantitative estimate of drug-likeness (QED) is 0.631. The number of aliphatic hydroxyl groups is 2. The highest BCUT2D eigenvalue weighted by atomic mass is 19.3. The third-order valence-electron chi connectivity index (χ3n) is 5.82. The molecule has 33 heavy (non-hydrogen) atoms. The molecule has 0 bridgehead atoms. The zero-order chi connectivity index (χ0) is 25.1. The van der Waals surface area contributed by atoms with E-state index in [-0.39, 0.29) is 23.5 Å². The first kappa shape index (κ1) is 28.9. The topological polar surface area (TPSA) is 54.6 Å². The predicted octanol–water partition coefficient (Wildman–Crippen LogP) is 4.94. The smallest absolute Gasteiger partial charge is 0.261 e. The SMILES string of the molecule is CC.CC=c1/c(=C(/C(F)F)C(C)CC)ccn1C1CCC(C(O)c2ccc(F)cc2)O1.CO.